The first-order chi connectivity index (χ1) is 7.99. The Morgan fingerprint density at radius 3 is 2.76 bits per heavy atom. The van der Waals surface area contributed by atoms with E-state index in [9.17, 15) is 8.42 Å². The van der Waals surface area contributed by atoms with Crippen LogP contribution in [-0.4, -0.2) is 15.0 Å². The largest absolute Gasteiger partial charge is 0.398 e. The maximum absolute atomic E-state index is 12.0. The van der Waals surface area contributed by atoms with Crippen LogP contribution in [-0.2, 0) is 10.0 Å². The quantitative estimate of drug-likeness (QED) is 0.807. The first kappa shape index (κ1) is 12.7. The Balaban J connectivity index is 2.09. The van der Waals surface area contributed by atoms with Crippen LogP contribution >= 0.6 is 11.6 Å². The molecule has 17 heavy (non-hydrogen) atoms. The van der Waals surface area contributed by atoms with Crippen molar-refractivity contribution in [3.63, 3.8) is 0 Å². The molecule has 2 rings (SSSR count). The van der Waals surface area contributed by atoms with Gasteiger partial charge >= 0.3 is 0 Å². The fourth-order valence-corrected chi connectivity index (χ4v) is 3.06. The lowest BCUT2D eigenvalue weighted by atomic mass is 10.3. The van der Waals surface area contributed by atoms with E-state index in [4.69, 9.17) is 17.3 Å². The summed E-state index contributed by atoms with van der Waals surface area (Å²) < 4.78 is 26.5. The van der Waals surface area contributed by atoms with Crippen molar-refractivity contribution in [1.29, 1.82) is 0 Å². The van der Waals surface area contributed by atoms with Gasteiger partial charge in [-0.2, -0.15) is 0 Å². The number of nitrogens with one attached hydrogen (secondary N) is 1. The van der Waals surface area contributed by atoms with Crippen molar-refractivity contribution in [3.05, 3.63) is 23.2 Å². The van der Waals surface area contributed by atoms with Gasteiger partial charge in [-0.3, -0.25) is 0 Å². The van der Waals surface area contributed by atoms with Gasteiger partial charge in [0, 0.05) is 11.6 Å². The van der Waals surface area contributed by atoms with E-state index in [1.165, 1.54) is 25.0 Å². The molecule has 6 heteroatoms. The van der Waals surface area contributed by atoms with Crippen molar-refractivity contribution in [2.45, 2.75) is 24.2 Å². The molecule has 0 unspecified atom stereocenters. The van der Waals surface area contributed by atoms with Crippen LogP contribution in [0.25, 0.3) is 0 Å². The summed E-state index contributed by atoms with van der Waals surface area (Å²) in [4.78, 5) is 0.0563. The minimum absolute atomic E-state index is 0.0563. The van der Waals surface area contributed by atoms with E-state index in [1.54, 1.807) is 6.07 Å². The van der Waals surface area contributed by atoms with Gasteiger partial charge in [0.2, 0.25) is 10.0 Å². The van der Waals surface area contributed by atoms with Crippen LogP contribution in [0, 0.1) is 5.92 Å². The summed E-state index contributed by atoms with van der Waals surface area (Å²) in [5, 5.41) is 0.363. The number of hydrogen-bond acceptors (Lipinski definition) is 3. The highest BCUT2D eigenvalue weighted by atomic mass is 35.5. The highest BCUT2D eigenvalue weighted by Gasteiger charge is 2.23. The van der Waals surface area contributed by atoms with Gasteiger partial charge in [-0.15, -0.1) is 0 Å². The average Bonchev–Trinajstić information content (AvgIpc) is 3.05. The normalized spacial score (nSPS) is 16.1. The van der Waals surface area contributed by atoms with Crippen LogP contribution < -0.4 is 10.5 Å². The van der Waals surface area contributed by atoms with E-state index in [0.29, 0.717) is 17.5 Å². The fourth-order valence-electron chi connectivity index (χ4n) is 1.62. The Kier molecular flexibility index (Phi) is 3.61. The molecule has 0 aromatic heterocycles. The zero-order chi connectivity index (χ0) is 12.5. The number of nitrogens with two attached hydrogens (primary N) is 1. The van der Waals surface area contributed by atoms with Crippen molar-refractivity contribution >= 4 is 27.3 Å². The second-order valence-electron chi connectivity index (χ2n) is 4.31. The third-order valence-corrected chi connectivity index (χ3v) is 4.56. The Labute approximate surface area is 106 Å². The molecule has 4 nitrogen and oxygen atoms in total. The zero-order valence-electron chi connectivity index (χ0n) is 9.32. The summed E-state index contributed by atoms with van der Waals surface area (Å²) in [6.45, 7) is 0.457. The van der Waals surface area contributed by atoms with Crippen LogP contribution in [0.1, 0.15) is 19.3 Å². The Morgan fingerprint density at radius 2 is 2.12 bits per heavy atom. The van der Waals surface area contributed by atoms with Gasteiger partial charge in [-0.05, 0) is 30.5 Å². The summed E-state index contributed by atoms with van der Waals surface area (Å²) in [5.41, 5.74) is 5.86. The second kappa shape index (κ2) is 4.84. The van der Waals surface area contributed by atoms with Crippen molar-refractivity contribution in [1.82, 2.24) is 4.72 Å². The highest BCUT2D eigenvalue weighted by molar-refractivity contribution is 7.89. The smallest absolute Gasteiger partial charge is 0.242 e. The van der Waals surface area contributed by atoms with E-state index in [0.717, 1.165) is 6.42 Å². The minimum Gasteiger partial charge on any atom is -0.398 e. The lowest BCUT2D eigenvalue weighted by molar-refractivity contribution is 0.575. The third-order valence-electron chi connectivity index (χ3n) is 2.81. The molecule has 0 radical (unpaired) electrons. The van der Waals surface area contributed by atoms with E-state index >= 15 is 0 Å². The molecule has 0 atom stereocenters. The molecular formula is C11H15ClN2O2S. The standard InChI is InChI=1S/C11H15ClN2O2S/c12-9-3-4-10(13)11(7-9)17(15,16)14-6-5-8-1-2-8/h3-4,7-8,14H,1-2,5-6,13H2. The van der Waals surface area contributed by atoms with Crippen molar-refractivity contribution < 1.29 is 8.42 Å². The van der Waals surface area contributed by atoms with Gasteiger partial charge in [0.1, 0.15) is 4.90 Å². The van der Waals surface area contributed by atoms with Gasteiger partial charge in [0.25, 0.3) is 0 Å². The lowest BCUT2D eigenvalue weighted by Crippen LogP contribution is -2.25. The molecule has 1 saturated carbocycles. The van der Waals surface area contributed by atoms with E-state index < -0.39 is 10.0 Å². The molecule has 1 aromatic rings. The van der Waals surface area contributed by atoms with Crippen LogP contribution in [0.3, 0.4) is 0 Å². The molecule has 0 aliphatic heterocycles. The maximum Gasteiger partial charge on any atom is 0.242 e. The summed E-state index contributed by atoms with van der Waals surface area (Å²) in [5.74, 6) is 0.689. The molecule has 0 spiro atoms. The third kappa shape index (κ3) is 3.34. The Morgan fingerprint density at radius 1 is 1.41 bits per heavy atom. The topological polar surface area (TPSA) is 72.2 Å². The number of sulfonamides is 1. The van der Waals surface area contributed by atoms with Crippen LogP contribution in [0.2, 0.25) is 5.02 Å². The fraction of sp³-hybridized carbons (Fsp3) is 0.455. The molecule has 3 N–H and O–H groups in total. The summed E-state index contributed by atoms with van der Waals surface area (Å²) in [6, 6.07) is 4.44. The molecule has 0 heterocycles. The predicted octanol–water partition coefficient (Wildman–Crippen LogP) is 2.00. The lowest BCUT2D eigenvalue weighted by Gasteiger charge is -2.09. The summed E-state index contributed by atoms with van der Waals surface area (Å²) in [6.07, 6.45) is 3.31. The van der Waals surface area contributed by atoms with Gasteiger partial charge in [0.15, 0.2) is 0 Å². The van der Waals surface area contributed by atoms with Crippen molar-refractivity contribution in [2.24, 2.45) is 5.92 Å². The molecule has 1 fully saturated rings. The molecule has 1 aliphatic rings. The second-order valence-corrected chi connectivity index (χ2v) is 6.48. The molecule has 0 saturated heterocycles. The van der Waals surface area contributed by atoms with Crippen molar-refractivity contribution in [2.75, 3.05) is 12.3 Å². The van der Waals surface area contributed by atoms with E-state index in [2.05, 4.69) is 4.72 Å². The number of nitrogen functional groups attached to an aromatic ring is 1. The Hall–Kier alpha value is -0.780. The number of anilines is 1. The van der Waals surface area contributed by atoms with Crippen LogP contribution in [0.5, 0.6) is 0 Å². The van der Waals surface area contributed by atoms with Crippen molar-refractivity contribution in [3.8, 4) is 0 Å². The average molecular weight is 275 g/mol. The Bertz CT molecular complexity index is 512. The molecule has 1 aromatic carbocycles. The number of rotatable bonds is 5. The monoisotopic (exact) mass is 274 g/mol. The van der Waals surface area contributed by atoms with E-state index in [-0.39, 0.29) is 10.6 Å². The van der Waals surface area contributed by atoms with E-state index in [1.807, 2.05) is 0 Å². The molecule has 94 valence electrons. The maximum atomic E-state index is 12.0. The molecule has 0 bridgehead atoms. The summed E-state index contributed by atoms with van der Waals surface area (Å²) in [7, 11) is -3.54. The highest BCUT2D eigenvalue weighted by Crippen LogP contribution is 2.32. The molecule has 1 aliphatic carbocycles. The molecular weight excluding hydrogens is 260 g/mol. The van der Waals surface area contributed by atoms with Gasteiger partial charge < -0.3 is 5.73 Å². The number of halogens is 1. The number of benzene rings is 1. The van der Waals surface area contributed by atoms with Gasteiger partial charge in [-0.1, -0.05) is 24.4 Å². The molecule has 0 amide bonds. The SMILES string of the molecule is Nc1ccc(Cl)cc1S(=O)(=O)NCCC1CC1. The summed E-state index contributed by atoms with van der Waals surface area (Å²) >= 11 is 5.77. The predicted molar refractivity (Wildman–Crippen MR) is 68.4 cm³/mol. The van der Waals surface area contributed by atoms with Gasteiger partial charge in [0.05, 0.1) is 5.69 Å². The minimum atomic E-state index is -3.54. The zero-order valence-corrected chi connectivity index (χ0v) is 10.9. The first-order valence-electron chi connectivity index (χ1n) is 5.54. The van der Waals surface area contributed by atoms with Gasteiger partial charge in [-0.25, -0.2) is 13.1 Å². The first-order valence-corrected chi connectivity index (χ1v) is 7.40. The number of hydrogen-bond donors (Lipinski definition) is 2. The van der Waals surface area contributed by atoms with Crippen LogP contribution in [0.15, 0.2) is 23.1 Å². The van der Waals surface area contributed by atoms with Crippen LogP contribution in [0.4, 0.5) is 5.69 Å².